The molecule has 0 saturated carbocycles. The van der Waals surface area contributed by atoms with Gasteiger partial charge in [0, 0.05) is 19.6 Å². The second-order valence-electron chi connectivity index (χ2n) is 7.36. The van der Waals surface area contributed by atoms with Crippen LogP contribution in [-0.4, -0.2) is 52.4 Å². The van der Waals surface area contributed by atoms with Gasteiger partial charge in [0.05, 0.1) is 27.4 Å². The van der Waals surface area contributed by atoms with E-state index in [1.807, 2.05) is 0 Å². The summed E-state index contributed by atoms with van der Waals surface area (Å²) in [6.45, 7) is 8.43. The second-order valence-corrected chi connectivity index (χ2v) is 7.36. The quantitative estimate of drug-likeness (QED) is 0.822. The van der Waals surface area contributed by atoms with Crippen LogP contribution in [-0.2, 0) is 0 Å². The maximum atomic E-state index is 5.63. The summed E-state index contributed by atoms with van der Waals surface area (Å²) >= 11 is 0. The zero-order chi connectivity index (χ0) is 20.1. The first-order valence-corrected chi connectivity index (χ1v) is 9.90. The van der Waals surface area contributed by atoms with Crippen LogP contribution in [0.2, 0.25) is 0 Å². The third-order valence-electron chi connectivity index (χ3n) is 5.46. The minimum atomic E-state index is 0.134. The summed E-state index contributed by atoms with van der Waals surface area (Å²) in [5.74, 6) is 2.02. The van der Waals surface area contributed by atoms with Crippen LogP contribution < -0.4 is 19.5 Å². The van der Waals surface area contributed by atoms with E-state index >= 15 is 0 Å². The number of rotatable bonds is 6. The smallest absolute Gasteiger partial charge is 0.203 e. The molecule has 1 aliphatic rings. The number of nitrogens with one attached hydrogen (secondary N) is 1. The summed E-state index contributed by atoms with van der Waals surface area (Å²) in [4.78, 5) is 2.55. The molecule has 0 bridgehead atoms. The fraction of sp³-hybridized carbons (Fsp3) is 0.478. The SMILES string of the molecule is COc1cc(C(c2ccc(C)cc2C)N2CCCNCC2)cc(OC)c1OC. The minimum Gasteiger partial charge on any atom is -0.493 e. The van der Waals surface area contributed by atoms with E-state index in [4.69, 9.17) is 14.2 Å². The molecule has 0 amide bonds. The fourth-order valence-corrected chi connectivity index (χ4v) is 4.10. The van der Waals surface area contributed by atoms with Crippen molar-refractivity contribution in [3.8, 4) is 17.2 Å². The first-order chi connectivity index (χ1) is 13.6. The summed E-state index contributed by atoms with van der Waals surface area (Å²) in [5, 5.41) is 3.51. The maximum absolute atomic E-state index is 5.63. The lowest BCUT2D eigenvalue weighted by Gasteiger charge is -2.33. The lowest BCUT2D eigenvalue weighted by molar-refractivity contribution is 0.239. The van der Waals surface area contributed by atoms with Gasteiger partial charge in [-0.3, -0.25) is 4.90 Å². The van der Waals surface area contributed by atoms with Crippen molar-refractivity contribution in [1.82, 2.24) is 10.2 Å². The van der Waals surface area contributed by atoms with Crippen molar-refractivity contribution in [2.75, 3.05) is 47.5 Å². The van der Waals surface area contributed by atoms with E-state index < -0.39 is 0 Å². The number of methoxy groups -OCH3 is 3. The highest BCUT2D eigenvalue weighted by atomic mass is 16.5. The van der Waals surface area contributed by atoms with Gasteiger partial charge in [-0.2, -0.15) is 0 Å². The van der Waals surface area contributed by atoms with Crippen LogP contribution >= 0.6 is 0 Å². The van der Waals surface area contributed by atoms with Gasteiger partial charge < -0.3 is 19.5 Å². The molecular formula is C23H32N2O3. The Bertz CT molecular complexity index is 773. The molecular weight excluding hydrogens is 352 g/mol. The lowest BCUT2D eigenvalue weighted by atomic mass is 9.91. The normalized spacial score (nSPS) is 16.3. The van der Waals surface area contributed by atoms with E-state index in [1.165, 1.54) is 16.7 Å². The molecule has 1 unspecified atom stereocenters. The lowest BCUT2D eigenvalue weighted by Crippen LogP contribution is -2.33. The van der Waals surface area contributed by atoms with E-state index in [-0.39, 0.29) is 6.04 Å². The van der Waals surface area contributed by atoms with Gasteiger partial charge in [0.2, 0.25) is 5.75 Å². The molecule has 5 nitrogen and oxygen atoms in total. The van der Waals surface area contributed by atoms with E-state index in [0.717, 1.165) is 38.2 Å². The highest BCUT2D eigenvalue weighted by Gasteiger charge is 2.27. The number of hydrogen-bond donors (Lipinski definition) is 1. The number of aryl methyl sites for hydroxylation is 2. The molecule has 1 fully saturated rings. The summed E-state index contributed by atoms with van der Waals surface area (Å²) in [6.07, 6.45) is 1.13. The fourth-order valence-electron chi connectivity index (χ4n) is 4.10. The van der Waals surface area contributed by atoms with Crippen molar-refractivity contribution in [2.24, 2.45) is 0 Å². The average Bonchev–Trinajstić information content (AvgIpc) is 2.98. The number of ether oxygens (including phenoxy) is 3. The summed E-state index contributed by atoms with van der Waals surface area (Å²) < 4.78 is 16.8. The predicted octanol–water partition coefficient (Wildman–Crippen LogP) is 3.71. The van der Waals surface area contributed by atoms with E-state index in [0.29, 0.717) is 17.2 Å². The number of hydrogen-bond acceptors (Lipinski definition) is 5. The maximum Gasteiger partial charge on any atom is 0.203 e. The van der Waals surface area contributed by atoms with Gasteiger partial charge in [-0.1, -0.05) is 23.8 Å². The molecule has 0 aromatic heterocycles. The second kappa shape index (κ2) is 9.30. The zero-order valence-corrected chi connectivity index (χ0v) is 17.7. The van der Waals surface area contributed by atoms with E-state index in [9.17, 15) is 0 Å². The van der Waals surface area contributed by atoms with Crippen molar-refractivity contribution < 1.29 is 14.2 Å². The van der Waals surface area contributed by atoms with E-state index in [2.05, 4.69) is 54.4 Å². The summed E-state index contributed by atoms with van der Waals surface area (Å²) in [7, 11) is 4.98. The van der Waals surface area contributed by atoms with Gasteiger partial charge >= 0.3 is 0 Å². The molecule has 0 radical (unpaired) electrons. The molecule has 3 rings (SSSR count). The van der Waals surface area contributed by atoms with Crippen molar-refractivity contribution in [3.63, 3.8) is 0 Å². The standard InChI is InChI=1S/C23H32N2O3/c1-16-7-8-19(17(2)13-16)22(25-11-6-9-24-10-12-25)18-14-20(26-3)23(28-5)21(15-18)27-4/h7-8,13-15,22,24H,6,9-12H2,1-5H3. The zero-order valence-electron chi connectivity index (χ0n) is 17.7. The molecule has 0 aliphatic carbocycles. The summed E-state index contributed by atoms with van der Waals surface area (Å²) in [5.41, 5.74) is 5.06. The Labute approximate surface area is 168 Å². The molecule has 28 heavy (non-hydrogen) atoms. The van der Waals surface area contributed by atoms with Gasteiger partial charge in [-0.25, -0.2) is 0 Å². The topological polar surface area (TPSA) is 43.0 Å². The molecule has 0 spiro atoms. The first-order valence-electron chi connectivity index (χ1n) is 9.90. The molecule has 1 atom stereocenters. The van der Waals surface area contributed by atoms with Gasteiger partial charge in [-0.15, -0.1) is 0 Å². The molecule has 152 valence electrons. The third kappa shape index (κ3) is 4.26. The van der Waals surface area contributed by atoms with Crippen molar-refractivity contribution in [1.29, 1.82) is 0 Å². The first kappa shape index (κ1) is 20.5. The largest absolute Gasteiger partial charge is 0.493 e. The Morgan fingerprint density at radius 2 is 1.61 bits per heavy atom. The Hall–Kier alpha value is -2.24. The van der Waals surface area contributed by atoms with Gasteiger partial charge in [0.1, 0.15) is 0 Å². The van der Waals surface area contributed by atoms with Crippen molar-refractivity contribution in [3.05, 3.63) is 52.6 Å². The van der Waals surface area contributed by atoms with Crippen molar-refractivity contribution in [2.45, 2.75) is 26.3 Å². The molecule has 1 aliphatic heterocycles. The Kier molecular flexibility index (Phi) is 6.81. The minimum absolute atomic E-state index is 0.134. The van der Waals surface area contributed by atoms with Crippen LogP contribution in [0.5, 0.6) is 17.2 Å². The van der Waals surface area contributed by atoms with Crippen LogP contribution in [0.3, 0.4) is 0 Å². The molecule has 1 heterocycles. The van der Waals surface area contributed by atoms with Crippen LogP contribution in [0, 0.1) is 13.8 Å². The van der Waals surface area contributed by atoms with Gasteiger partial charge in [0.25, 0.3) is 0 Å². The van der Waals surface area contributed by atoms with Crippen LogP contribution in [0.25, 0.3) is 0 Å². The average molecular weight is 385 g/mol. The molecule has 1 saturated heterocycles. The van der Waals surface area contributed by atoms with Gasteiger partial charge in [-0.05, 0) is 55.6 Å². The highest BCUT2D eigenvalue weighted by molar-refractivity contribution is 5.56. The number of nitrogens with zero attached hydrogens (tertiary/aromatic N) is 1. The summed E-state index contributed by atoms with van der Waals surface area (Å²) in [6, 6.07) is 11.0. The molecule has 2 aromatic rings. The van der Waals surface area contributed by atoms with Gasteiger partial charge in [0.15, 0.2) is 11.5 Å². The Balaban J connectivity index is 2.15. The molecule has 1 N–H and O–H groups in total. The van der Waals surface area contributed by atoms with Crippen molar-refractivity contribution >= 4 is 0 Å². The predicted molar refractivity (Wildman–Crippen MR) is 113 cm³/mol. The van der Waals surface area contributed by atoms with Crippen LogP contribution in [0.4, 0.5) is 0 Å². The number of benzene rings is 2. The molecule has 5 heteroatoms. The molecule has 2 aromatic carbocycles. The third-order valence-corrected chi connectivity index (χ3v) is 5.46. The monoisotopic (exact) mass is 384 g/mol. The van der Waals surface area contributed by atoms with Crippen LogP contribution in [0.15, 0.2) is 30.3 Å². The Morgan fingerprint density at radius 1 is 0.893 bits per heavy atom. The Morgan fingerprint density at radius 3 is 2.21 bits per heavy atom. The highest BCUT2D eigenvalue weighted by Crippen LogP contribution is 2.42. The van der Waals surface area contributed by atoms with E-state index in [1.54, 1.807) is 21.3 Å². The van der Waals surface area contributed by atoms with Crippen LogP contribution in [0.1, 0.15) is 34.7 Å².